The molecule has 0 atom stereocenters. The zero-order valence-corrected chi connectivity index (χ0v) is 17.8. The largest absolute Gasteiger partial charge is 0.281 e. The molecular formula is C21H48S. The Balaban J connectivity index is 5.55. The predicted octanol–water partition coefficient (Wildman–Crippen LogP) is 7.45. The van der Waals surface area contributed by atoms with Gasteiger partial charge in [0.25, 0.3) is 0 Å². The lowest BCUT2D eigenvalue weighted by Crippen LogP contribution is -2.41. The van der Waals surface area contributed by atoms with Crippen molar-refractivity contribution >= 4 is 9.16 Å². The summed E-state index contributed by atoms with van der Waals surface area (Å²) in [5, 5.41) is 1.08. The molecule has 0 radical (unpaired) electrons. The molecule has 0 aromatic carbocycles. The van der Waals surface area contributed by atoms with E-state index in [1.54, 1.807) is 11.5 Å². The maximum absolute atomic E-state index is 2.57. The quantitative estimate of drug-likeness (QED) is 0.296. The van der Waals surface area contributed by atoms with E-state index in [0.29, 0.717) is 0 Å². The highest BCUT2D eigenvalue weighted by molar-refractivity contribution is 8.49. The van der Waals surface area contributed by atoms with Crippen molar-refractivity contribution in [1.82, 2.24) is 0 Å². The van der Waals surface area contributed by atoms with Crippen molar-refractivity contribution in [3.05, 3.63) is 0 Å². The van der Waals surface area contributed by atoms with Crippen molar-refractivity contribution in [2.75, 3.05) is 23.0 Å². The Morgan fingerprint density at radius 3 is 1.18 bits per heavy atom. The summed E-state index contributed by atoms with van der Waals surface area (Å²) in [5.41, 5.74) is 0. The summed E-state index contributed by atoms with van der Waals surface area (Å²) in [6.07, 6.45) is 14.5. The second-order valence-electron chi connectivity index (χ2n) is 7.80. The van der Waals surface area contributed by atoms with E-state index >= 15 is 0 Å². The summed E-state index contributed by atoms with van der Waals surface area (Å²) >= 11 is 0. The second kappa shape index (κ2) is 11.8. The molecule has 1 heteroatoms. The topological polar surface area (TPSA) is 0 Å². The van der Waals surface area contributed by atoms with Crippen molar-refractivity contribution in [3.63, 3.8) is 0 Å². The lowest BCUT2D eigenvalue weighted by molar-refractivity contribution is 0.600. The first-order valence-corrected chi connectivity index (χ1v) is 13.6. The molecule has 0 spiro atoms. The minimum absolute atomic E-state index is 1.08. The van der Waals surface area contributed by atoms with Gasteiger partial charge in [-0.15, -0.1) is 0 Å². The van der Waals surface area contributed by atoms with E-state index in [4.69, 9.17) is 0 Å². The minimum Gasteiger partial charge on any atom is -0.281 e. The molecular weight excluding hydrogens is 284 g/mol. The summed E-state index contributed by atoms with van der Waals surface area (Å²) < 4.78 is 0. The Hall–Kier alpha value is 0.350. The molecule has 0 amide bonds. The Morgan fingerprint density at radius 2 is 0.909 bits per heavy atom. The fraction of sp³-hybridized carbons (Fsp3) is 1.00. The Labute approximate surface area is 143 Å². The molecule has 0 aromatic rings. The van der Waals surface area contributed by atoms with E-state index < -0.39 is 9.16 Å². The number of hydrogen-bond acceptors (Lipinski definition) is 0. The minimum atomic E-state index is -1.53. The van der Waals surface area contributed by atoms with Gasteiger partial charge in [-0.25, -0.2) is 0 Å². The molecule has 0 aliphatic rings. The average molecular weight is 333 g/mol. The molecule has 0 unspecified atom stereocenters. The molecule has 0 N–H and O–H groups in total. The van der Waals surface area contributed by atoms with Crippen LogP contribution in [0.3, 0.4) is 0 Å². The zero-order valence-electron chi connectivity index (χ0n) is 16.9. The van der Waals surface area contributed by atoms with Crippen LogP contribution in [0.1, 0.15) is 106 Å². The second-order valence-corrected chi connectivity index (χ2v) is 14.8. The fourth-order valence-electron chi connectivity index (χ4n) is 4.77. The van der Waals surface area contributed by atoms with Gasteiger partial charge in [-0.1, -0.05) is 80.1 Å². The average Bonchev–Trinajstić information content (AvgIpc) is 2.57. The number of rotatable bonds is 15. The van der Waals surface area contributed by atoms with Crippen LogP contribution in [0.25, 0.3) is 0 Å². The SMILES string of the molecule is CCCCC(CCCC)[SH](CC)(CC)(CCCC)CCCC. The van der Waals surface area contributed by atoms with E-state index in [0.717, 1.165) is 5.25 Å². The van der Waals surface area contributed by atoms with E-state index in [9.17, 15) is 0 Å². The summed E-state index contributed by atoms with van der Waals surface area (Å²) in [5.74, 6) is 6.26. The summed E-state index contributed by atoms with van der Waals surface area (Å²) in [7, 11) is -1.53. The van der Waals surface area contributed by atoms with Gasteiger partial charge in [-0.05, 0) is 53.9 Å². The van der Waals surface area contributed by atoms with Gasteiger partial charge in [-0.3, -0.25) is 9.16 Å². The van der Waals surface area contributed by atoms with Gasteiger partial charge in [0.15, 0.2) is 0 Å². The maximum atomic E-state index is 2.57. The van der Waals surface area contributed by atoms with Crippen LogP contribution in [-0.2, 0) is 0 Å². The monoisotopic (exact) mass is 332 g/mol. The van der Waals surface area contributed by atoms with Crippen LogP contribution in [0.2, 0.25) is 0 Å². The van der Waals surface area contributed by atoms with Crippen LogP contribution in [0.15, 0.2) is 0 Å². The molecule has 0 rings (SSSR count). The van der Waals surface area contributed by atoms with Crippen LogP contribution in [0.4, 0.5) is 0 Å². The van der Waals surface area contributed by atoms with Gasteiger partial charge in [0.05, 0.1) is 0 Å². The third kappa shape index (κ3) is 5.77. The van der Waals surface area contributed by atoms with Gasteiger partial charge in [-0.2, -0.15) is 0 Å². The first-order valence-electron chi connectivity index (χ1n) is 10.6. The number of unbranched alkanes of at least 4 members (excludes halogenated alkanes) is 4. The summed E-state index contributed by atoms with van der Waals surface area (Å²) in [4.78, 5) is 0. The van der Waals surface area contributed by atoms with Gasteiger partial charge in [0.1, 0.15) is 0 Å². The number of thiol groups is 1. The first kappa shape index (κ1) is 22.4. The summed E-state index contributed by atoms with van der Waals surface area (Å²) in [6, 6.07) is 0. The molecule has 0 saturated heterocycles. The lowest BCUT2D eigenvalue weighted by atomic mass is 10.1. The highest BCUT2D eigenvalue weighted by atomic mass is 32.3. The third-order valence-corrected chi connectivity index (χ3v) is 15.8. The van der Waals surface area contributed by atoms with Crippen molar-refractivity contribution in [2.45, 2.75) is 111 Å². The number of hydrogen-bond donors (Lipinski definition) is 1. The fourth-order valence-corrected chi connectivity index (χ4v) is 12.6. The van der Waals surface area contributed by atoms with Gasteiger partial charge >= 0.3 is 0 Å². The highest BCUT2D eigenvalue weighted by Gasteiger charge is 2.43. The van der Waals surface area contributed by atoms with Gasteiger partial charge in [0, 0.05) is 0 Å². The molecule has 0 aliphatic heterocycles. The Morgan fingerprint density at radius 1 is 0.545 bits per heavy atom. The first-order chi connectivity index (χ1) is 10.6. The zero-order chi connectivity index (χ0) is 16.9. The van der Waals surface area contributed by atoms with Gasteiger partial charge < -0.3 is 0 Å². The van der Waals surface area contributed by atoms with Crippen LogP contribution < -0.4 is 0 Å². The van der Waals surface area contributed by atoms with Crippen molar-refractivity contribution in [2.24, 2.45) is 0 Å². The van der Waals surface area contributed by atoms with Gasteiger partial charge in [0.2, 0.25) is 0 Å². The molecule has 0 fully saturated rings. The molecule has 138 valence electrons. The smallest absolute Gasteiger partial charge is 0.0239 e. The van der Waals surface area contributed by atoms with Crippen LogP contribution >= 0.6 is 9.16 Å². The van der Waals surface area contributed by atoms with E-state index in [-0.39, 0.29) is 0 Å². The van der Waals surface area contributed by atoms with E-state index in [1.807, 2.05) is 0 Å². The molecule has 0 aromatic heterocycles. The third-order valence-electron chi connectivity index (χ3n) is 6.75. The molecule has 0 aliphatic carbocycles. The highest BCUT2D eigenvalue weighted by Crippen LogP contribution is 2.75. The lowest BCUT2D eigenvalue weighted by Gasteiger charge is -2.67. The van der Waals surface area contributed by atoms with Crippen LogP contribution in [0.5, 0.6) is 0 Å². The van der Waals surface area contributed by atoms with E-state index in [2.05, 4.69) is 41.5 Å². The predicted molar refractivity (Wildman–Crippen MR) is 112 cm³/mol. The molecule has 0 bridgehead atoms. The van der Waals surface area contributed by atoms with Crippen LogP contribution in [-0.4, -0.2) is 28.3 Å². The Kier molecular flexibility index (Phi) is 12.0. The summed E-state index contributed by atoms with van der Waals surface area (Å²) in [6.45, 7) is 14.7. The maximum Gasteiger partial charge on any atom is -0.0239 e. The van der Waals surface area contributed by atoms with Crippen LogP contribution in [0, 0.1) is 0 Å². The van der Waals surface area contributed by atoms with Crippen molar-refractivity contribution in [3.8, 4) is 0 Å². The molecule has 0 saturated carbocycles. The molecule has 0 heterocycles. The normalized spacial score (nSPS) is 14.2. The van der Waals surface area contributed by atoms with Crippen molar-refractivity contribution < 1.29 is 0 Å². The van der Waals surface area contributed by atoms with E-state index in [1.165, 1.54) is 75.7 Å². The molecule has 0 nitrogen and oxygen atoms in total. The standard InChI is InChI=1S/C21H48S/c1-7-13-17-21(18-14-8-2)22(11-5,12-6,19-15-9-3)20-16-10-4/h21-22H,7-20H2,1-6H3. The van der Waals surface area contributed by atoms with Crippen molar-refractivity contribution in [1.29, 1.82) is 0 Å². The Bertz CT molecular complexity index is 235. The molecule has 22 heavy (non-hydrogen) atoms.